The van der Waals surface area contributed by atoms with Crippen LogP contribution in [0.3, 0.4) is 0 Å². The van der Waals surface area contributed by atoms with Crippen molar-refractivity contribution in [3.05, 3.63) is 0 Å². The van der Waals surface area contributed by atoms with Crippen molar-refractivity contribution in [2.45, 2.75) is 125 Å². The van der Waals surface area contributed by atoms with Crippen LogP contribution in [-0.2, 0) is 52.7 Å². The van der Waals surface area contributed by atoms with Crippen LogP contribution in [0.1, 0.15) is 58.8 Å². The van der Waals surface area contributed by atoms with Crippen LogP contribution in [0.25, 0.3) is 0 Å². The first kappa shape index (κ1) is 61.6. The van der Waals surface area contributed by atoms with Crippen molar-refractivity contribution < 1.29 is 83.4 Å². The van der Waals surface area contributed by atoms with Gasteiger partial charge in [-0.25, -0.2) is 4.79 Å². The molecule has 0 aromatic rings. The highest BCUT2D eigenvalue weighted by Crippen LogP contribution is 2.07. The zero-order valence-electron chi connectivity index (χ0n) is 37.1. The first-order valence-electron chi connectivity index (χ1n) is 20.7. The van der Waals surface area contributed by atoms with Crippen LogP contribution in [0.15, 0.2) is 0 Å². The van der Waals surface area contributed by atoms with Crippen LogP contribution in [0, 0.1) is 0 Å². The molecule has 20 N–H and O–H groups in total. The Bertz CT molecular complexity index is 1710. The third-order valence-electron chi connectivity index (χ3n) is 9.43. The fourth-order valence-electron chi connectivity index (χ4n) is 5.59. The number of thioether (sulfide) groups is 1. The van der Waals surface area contributed by atoms with Gasteiger partial charge < -0.3 is 90.4 Å². The summed E-state index contributed by atoms with van der Waals surface area (Å²) >= 11 is 5.45. The normalized spacial score (nSPS) is 16.0. The van der Waals surface area contributed by atoms with E-state index in [1.54, 1.807) is 6.26 Å². The second-order valence-corrected chi connectivity index (χ2v) is 16.3. The number of unbranched alkanes of at least 4 members (excludes halogenated alkanes) is 1. The van der Waals surface area contributed by atoms with Gasteiger partial charge in [0.25, 0.3) is 0 Å². The molecule has 0 aromatic carbocycles. The Kier molecular flexibility index (Phi) is 29.8. The summed E-state index contributed by atoms with van der Waals surface area (Å²) in [6, 6.07) is -15.1. The van der Waals surface area contributed by atoms with Gasteiger partial charge in [0, 0.05) is 12.2 Å². The lowest BCUT2D eigenvalue weighted by Gasteiger charge is -2.28. The number of amides is 9. The lowest BCUT2D eigenvalue weighted by atomic mass is 10.1. The Morgan fingerprint density at radius 2 is 0.985 bits per heavy atom. The minimum absolute atomic E-state index is 0.124. The number of carboxylic acids is 2. The molecule has 0 aromatic heterocycles. The largest absolute Gasteiger partial charge is 0.481 e. The number of hydrogen-bond acceptors (Lipinski definition) is 19. The number of carboxylic acid groups (broad SMARTS) is 2. The maximum absolute atomic E-state index is 13.6. The average Bonchev–Trinajstić information content (AvgIpc) is 3.25. The molecule has 28 nitrogen and oxygen atoms in total. The molecule has 382 valence electrons. The molecule has 0 heterocycles. The molecule has 0 aliphatic rings. The van der Waals surface area contributed by atoms with Crippen LogP contribution >= 0.6 is 24.4 Å². The molecular weight excluding hydrogens is 935 g/mol. The lowest BCUT2D eigenvalue weighted by Crippen LogP contribution is -2.62. The molecule has 30 heteroatoms. The predicted octanol–water partition coefficient (Wildman–Crippen LogP) is -8.43. The van der Waals surface area contributed by atoms with Crippen molar-refractivity contribution in [2.24, 2.45) is 17.2 Å². The number of primary amides is 1. The first-order valence-corrected chi connectivity index (χ1v) is 22.7. The van der Waals surface area contributed by atoms with E-state index in [1.165, 1.54) is 11.8 Å². The fourth-order valence-corrected chi connectivity index (χ4v) is 6.34. The van der Waals surface area contributed by atoms with Gasteiger partial charge >= 0.3 is 11.9 Å². The summed E-state index contributed by atoms with van der Waals surface area (Å²) in [5.74, 6) is -13.3. The molecule has 0 bridgehead atoms. The van der Waals surface area contributed by atoms with E-state index in [2.05, 4.69) is 49.8 Å². The van der Waals surface area contributed by atoms with E-state index in [1.807, 2.05) is 5.32 Å². The van der Waals surface area contributed by atoms with E-state index in [4.69, 9.17) is 17.2 Å². The van der Waals surface area contributed by atoms with Gasteiger partial charge in [0.05, 0.1) is 37.9 Å². The van der Waals surface area contributed by atoms with Gasteiger partial charge in [0.1, 0.15) is 42.3 Å². The molecule has 0 saturated heterocycles. The number of rotatable bonds is 34. The van der Waals surface area contributed by atoms with E-state index in [0.717, 1.165) is 13.8 Å². The van der Waals surface area contributed by atoms with Gasteiger partial charge in [0.15, 0.2) is 6.04 Å². The molecule has 0 aliphatic heterocycles. The average molecular weight is 1000 g/mol. The summed E-state index contributed by atoms with van der Waals surface area (Å²) < 4.78 is 0. The van der Waals surface area contributed by atoms with Crippen molar-refractivity contribution in [1.82, 2.24) is 42.5 Å². The maximum Gasteiger partial charge on any atom is 0.328 e. The summed E-state index contributed by atoms with van der Waals surface area (Å²) in [5.41, 5.74) is 16.5. The maximum atomic E-state index is 13.6. The third-order valence-corrected chi connectivity index (χ3v) is 10.4. The van der Waals surface area contributed by atoms with Crippen LogP contribution in [0.2, 0.25) is 0 Å². The van der Waals surface area contributed by atoms with Crippen LogP contribution in [0.4, 0.5) is 0 Å². The van der Waals surface area contributed by atoms with Crippen molar-refractivity contribution >= 4 is 89.5 Å². The smallest absolute Gasteiger partial charge is 0.328 e. The van der Waals surface area contributed by atoms with E-state index in [9.17, 15) is 83.4 Å². The second kappa shape index (κ2) is 32.4. The first-order chi connectivity index (χ1) is 31.4. The molecular formula is C37H65N11O17S2. The molecule has 9 amide bonds. The Balaban J connectivity index is 6.26. The summed E-state index contributed by atoms with van der Waals surface area (Å²) in [7, 11) is 0. The highest BCUT2D eigenvalue weighted by atomic mass is 32.2. The molecule has 0 spiro atoms. The summed E-state index contributed by atoms with van der Waals surface area (Å²) in [6.45, 7) is 0.137. The number of carbonyl (C=O) groups excluding carboxylic acids is 9. The number of thiol groups is 1. The number of aliphatic hydroxyl groups is 4. The van der Waals surface area contributed by atoms with Crippen LogP contribution in [0.5, 0.6) is 0 Å². The van der Waals surface area contributed by atoms with E-state index in [0.29, 0.717) is 12.2 Å². The second-order valence-electron chi connectivity index (χ2n) is 15.0. The number of nitrogens with one attached hydrogen (secondary N) is 8. The molecule has 67 heavy (non-hydrogen) atoms. The van der Waals surface area contributed by atoms with E-state index >= 15 is 0 Å². The van der Waals surface area contributed by atoms with Crippen molar-refractivity contribution in [3.8, 4) is 0 Å². The van der Waals surface area contributed by atoms with Crippen molar-refractivity contribution in [2.75, 3.05) is 37.5 Å². The van der Waals surface area contributed by atoms with Gasteiger partial charge in [-0.3, -0.25) is 47.9 Å². The molecule has 0 aliphatic carbocycles. The standard InChI is InChI=1S/C37H65N11O17S2/c1-16(51)27(36(63)42-20(7-8-25(40)53)31(58)48-28(17(2)52)37(64)65)47-34(61)23(14-50)45-30(57)19(6-4-5-10-38)41-32(59)21(12-26(54)55)43-35(62)24(15-66)46-33(60)22(13-49)44-29(56)18(39)9-11-67-3/h16-24,27-28,49-52,66H,4-15,38-39H2,1-3H3,(H2,40,53)(H,41,59)(H,42,63)(H,43,62)(H,44,56)(H,45,57)(H,46,60)(H,47,61)(H,48,58)(H,54,55)(H,64,65)/t16-,17-,18+,19+,20+,21+,22+,23+,24+,27+,28+/m1/s1. The zero-order chi connectivity index (χ0) is 51.6. The minimum Gasteiger partial charge on any atom is -0.481 e. The van der Waals surface area contributed by atoms with Gasteiger partial charge in [-0.1, -0.05) is 0 Å². The van der Waals surface area contributed by atoms with E-state index < -0.39 is 170 Å². The zero-order valence-corrected chi connectivity index (χ0v) is 38.8. The van der Waals surface area contributed by atoms with Crippen molar-refractivity contribution in [1.29, 1.82) is 0 Å². The monoisotopic (exact) mass is 999 g/mol. The van der Waals surface area contributed by atoms with Gasteiger partial charge in [-0.15, -0.1) is 0 Å². The molecule has 0 rings (SSSR count). The van der Waals surface area contributed by atoms with E-state index in [-0.39, 0.29) is 25.8 Å². The number of carbonyl (C=O) groups is 11. The lowest BCUT2D eigenvalue weighted by molar-refractivity contribution is -0.145. The summed E-state index contributed by atoms with van der Waals surface area (Å²) in [5, 5.41) is 76.3. The number of hydrogen-bond donors (Lipinski definition) is 18. The Labute approximate surface area is 394 Å². The predicted molar refractivity (Wildman–Crippen MR) is 239 cm³/mol. The Hall–Kier alpha value is -5.37. The van der Waals surface area contributed by atoms with Gasteiger partial charge in [-0.2, -0.15) is 24.4 Å². The van der Waals surface area contributed by atoms with Gasteiger partial charge in [-0.05, 0) is 64.5 Å². The van der Waals surface area contributed by atoms with Crippen LogP contribution < -0.4 is 59.7 Å². The fraction of sp³-hybridized carbons (Fsp3) is 0.703. The van der Waals surface area contributed by atoms with Crippen LogP contribution in [-0.4, -0.2) is 200 Å². The van der Waals surface area contributed by atoms with Gasteiger partial charge in [0.2, 0.25) is 53.2 Å². The SMILES string of the molecule is CSCC[C@H](N)C(=O)N[C@@H](CO)C(=O)N[C@@H](CS)C(=O)N[C@@H](CC(=O)O)C(=O)N[C@@H](CCCCN)C(=O)N[C@@H](CO)C(=O)N[C@H](C(=O)N[C@@H](CCC(N)=O)C(=O)N[C@H](C(=O)O)[C@@H](C)O)[C@@H](C)O. The molecule has 0 fully saturated rings. The molecule has 0 saturated carbocycles. The number of aliphatic hydroxyl groups excluding tert-OH is 4. The number of aliphatic carboxylic acids is 2. The van der Waals surface area contributed by atoms with Crippen molar-refractivity contribution in [3.63, 3.8) is 0 Å². The molecule has 0 radical (unpaired) electrons. The third kappa shape index (κ3) is 23.3. The Morgan fingerprint density at radius 3 is 1.46 bits per heavy atom. The quantitative estimate of drug-likeness (QED) is 0.0210. The minimum atomic E-state index is -1.94. The number of nitrogens with two attached hydrogens (primary N) is 3. The highest BCUT2D eigenvalue weighted by Gasteiger charge is 2.36. The summed E-state index contributed by atoms with van der Waals surface area (Å²) in [6.07, 6.45) is -3.18. The Morgan fingerprint density at radius 1 is 0.567 bits per heavy atom. The summed E-state index contributed by atoms with van der Waals surface area (Å²) in [4.78, 5) is 140. The molecule has 11 atom stereocenters. The topological polar surface area (TPSA) is 483 Å². The highest BCUT2D eigenvalue weighted by molar-refractivity contribution is 7.98. The molecule has 0 unspecified atom stereocenters.